The minimum Gasteiger partial charge on any atom is -0.478 e. The van der Waals surface area contributed by atoms with Crippen LogP contribution in [0.15, 0.2) is 46.2 Å². The van der Waals surface area contributed by atoms with Crippen LogP contribution in [0.1, 0.15) is 36.1 Å². The molecule has 0 bridgehead atoms. The van der Waals surface area contributed by atoms with Crippen molar-refractivity contribution in [2.45, 2.75) is 40.8 Å². The van der Waals surface area contributed by atoms with Gasteiger partial charge in [-0.2, -0.15) is 9.97 Å². The first-order valence-electron chi connectivity index (χ1n) is 9.90. The summed E-state index contributed by atoms with van der Waals surface area (Å²) in [6.45, 7) is 9.09. The molecule has 0 saturated heterocycles. The quantitative estimate of drug-likeness (QED) is 0.566. The Labute approximate surface area is 174 Å². The van der Waals surface area contributed by atoms with Gasteiger partial charge in [0.1, 0.15) is 0 Å². The van der Waals surface area contributed by atoms with Gasteiger partial charge in [0.15, 0.2) is 0 Å². The van der Waals surface area contributed by atoms with Crippen molar-refractivity contribution in [1.29, 1.82) is 0 Å². The van der Waals surface area contributed by atoms with Crippen molar-refractivity contribution >= 4 is 0 Å². The fourth-order valence-electron chi connectivity index (χ4n) is 3.18. The Morgan fingerprint density at radius 2 is 1.23 bits per heavy atom. The molecule has 3 aromatic rings. The maximum atomic E-state index is 12.3. The molecule has 0 aliphatic carbocycles. The van der Waals surface area contributed by atoms with Crippen LogP contribution >= 0.6 is 0 Å². The van der Waals surface area contributed by atoms with Gasteiger partial charge in [0, 0.05) is 23.5 Å². The standard InChI is InChI=1S/C22H26N4O4/c1-5-29-19-15(3)11-25(21(27)23-19)13-17-8-7-9-18(10-17)14-26-12-16(4)20(30-6-2)24-22(26)28/h7-12H,5-6,13-14H2,1-4H3. The van der Waals surface area contributed by atoms with Crippen LogP contribution in [-0.4, -0.2) is 32.3 Å². The zero-order valence-electron chi connectivity index (χ0n) is 17.7. The summed E-state index contributed by atoms with van der Waals surface area (Å²) in [5.41, 5.74) is 2.74. The molecule has 0 amide bonds. The largest absolute Gasteiger partial charge is 0.478 e. The fraction of sp³-hybridized carbons (Fsp3) is 0.364. The van der Waals surface area contributed by atoms with Gasteiger partial charge in [-0.25, -0.2) is 9.59 Å². The highest BCUT2D eigenvalue weighted by Crippen LogP contribution is 2.14. The molecular weight excluding hydrogens is 384 g/mol. The molecule has 0 unspecified atom stereocenters. The summed E-state index contributed by atoms with van der Waals surface area (Å²) >= 11 is 0. The van der Waals surface area contributed by atoms with Crippen LogP contribution in [-0.2, 0) is 13.1 Å². The minimum atomic E-state index is -0.364. The van der Waals surface area contributed by atoms with Crippen molar-refractivity contribution < 1.29 is 9.47 Å². The SMILES string of the molecule is CCOc1nc(=O)n(Cc2cccc(Cn3cc(C)c(OCC)nc3=O)c2)cc1C. The average Bonchev–Trinajstić information content (AvgIpc) is 2.70. The number of hydrogen-bond acceptors (Lipinski definition) is 6. The van der Waals surface area contributed by atoms with Crippen molar-refractivity contribution in [3.63, 3.8) is 0 Å². The predicted octanol–water partition coefficient (Wildman–Crippen LogP) is 2.31. The van der Waals surface area contributed by atoms with Gasteiger partial charge in [0.2, 0.25) is 11.8 Å². The number of aryl methyl sites for hydroxylation is 2. The molecule has 158 valence electrons. The summed E-state index contributed by atoms with van der Waals surface area (Å²) < 4.78 is 13.9. The summed E-state index contributed by atoms with van der Waals surface area (Å²) in [4.78, 5) is 32.7. The van der Waals surface area contributed by atoms with Crippen molar-refractivity contribution in [2.75, 3.05) is 13.2 Å². The Morgan fingerprint density at radius 3 is 1.63 bits per heavy atom. The first-order chi connectivity index (χ1) is 14.4. The molecule has 1 aromatic carbocycles. The fourth-order valence-corrected chi connectivity index (χ4v) is 3.18. The van der Waals surface area contributed by atoms with Crippen LogP contribution in [0, 0.1) is 13.8 Å². The molecule has 3 rings (SSSR count). The van der Waals surface area contributed by atoms with E-state index in [0.29, 0.717) is 38.1 Å². The molecule has 0 spiro atoms. The van der Waals surface area contributed by atoms with Gasteiger partial charge in [-0.3, -0.25) is 9.13 Å². The Morgan fingerprint density at radius 1 is 0.800 bits per heavy atom. The second-order valence-electron chi connectivity index (χ2n) is 6.97. The van der Waals surface area contributed by atoms with E-state index in [1.807, 2.05) is 52.0 Å². The van der Waals surface area contributed by atoms with Crippen molar-refractivity contribution in [1.82, 2.24) is 19.1 Å². The maximum absolute atomic E-state index is 12.3. The second kappa shape index (κ2) is 9.39. The van der Waals surface area contributed by atoms with E-state index in [2.05, 4.69) is 9.97 Å². The third kappa shape index (κ3) is 4.94. The van der Waals surface area contributed by atoms with Crippen LogP contribution in [0.5, 0.6) is 11.8 Å². The molecule has 0 aliphatic heterocycles. The topological polar surface area (TPSA) is 88.2 Å². The summed E-state index contributed by atoms with van der Waals surface area (Å²) in [5.74, 6) is 0.732. The molecule has 0 atom stereocenters. The lowest BCUT2D eigenvalue weighted by molar-refractivity contribution is 0.320. The zero-order chi connectivity index (χ0) is 21.7. The van der Waals surface area contributed by atoms with E-state index in [1.54, 1.807) is 21.5 Å². The summed E-state index contributed by atoms with van der Waals surface area (Å²) in [7, 11) is 0. The number of ether oxygens (including phenoxy) is 2. The van der Waals surface area contributed by atoms with E-state index in [4.69, 9.17) is 9.47 Å². The number of hydrogen-bond donors (Lipinski definition) is 0. The molecular formula is C22H26N4O4. The van der Waals surface area contributed by atoms with Crippen LogP contribution in [0.25, 0.3) is 0 Å². The predicted molar refractivity (Wildman–Crippen MR) is 113 cm³/mol. The van der Waals surface area contributed by atoms with Gasteiger partial charge in [-0.15, -0.1) is 0 Å². The summed E-state index contributed by atoms with van der Waals surface area (Å²) in [6.07, 6.45) is 3.49. The molecule has 0 saturated carbocycles. The molecule has 0 N–H and O–H groups in total. The third-order valence-corrected chi connectivity index (χ3v) is 4.52. The van der Waals surface area contributed by atoms with Gasteiger partial charge in [-0.1, -0.05) is 24.3 Å². The zero-order valence-corrected chi connectivity index (χ0v) is 17.7. The van der Waals surface area contributed by atoms with Crippen LogP contribution in [0.2, 0.25) is 0 Å². The number of rotatable bonds is 8. The number of benzene rings is 1. The molecule has 0 radical (unpaired) electrons. The van der Waals surface area contributed by atoms with Crippen LogP contribution < -0.4 is 20.9 Å². The maximum Gasteiger partial charge on any atom is 0.351 e. The second-order valence-corrected chi connectivity index (χ2v) is 6.97. The van der Waals surface area contributed by atoms with Gasteiger partial charge in [0.05, 0.1) is 26.3 Å². The van der Waals surface area contributed by atoms with Gasteiger partial charge < -0.3 is 9.47 Å². The molecule has 8 nitrogen and oxygen atoms in total. The smallest absolute Gasteiger partial charge is 0.351 e. The lowest BCUT2D eigenvalue weighted by atomic mass is 10.1. The molecule has 2 aromatic heterocycles. The average molecular weight is 410 g/mol. The number of nitrogens with zero attached hydrogens (tertiary/aromatic N) is 4. The van der Waals surface area contributed by atoms with E-state index in [1.165, 1.54) is 0 Å². The van der Waals surface area contributed by atoms with Crippen molar-refractivity contribution in [3.05, 3.63) is 79.9 Å². The van der Waals surface area contributed by atoms with Crippen LogP contribution in [0.3, 0.4) is 0 Å². The van der Waals surface area contributed by atoms with E-state index >= 15 is 0 Å². The van der Waals surface area contributed by atoms with Crippen molar-refractivity contribution in [3.8, 4) is 11.8 Å². The molecule has 30 heavy (non-hydrogen) atoms. The lowest BCUT2D eigenvalue weighted by Gasteiger charge is -2.12. The van der Waals surface area contributed by atoms with Gasteiger partial charge in [0.25, 0.3) is 0 Å². The van der Waals surface area contributed by atoms with Gasteiger partial charge in [-0.05, 0) is 38.8 Å². The Balaban J connectivity index is 1.82. The molecule has 0 fully saturated rings. The number of aromatic nitrogens is 4. The summed E-state index contributed by atoms with van der Waals surface area (Å²) in [5, 5.41) is 0. The van der Waals surface area contributed by atoms with E-state index in [-0.39, 0.29) is 11.4 Å². The Kier molecular flexibility index (Phi) is 6.66. The molecule has 2 heterocycles. The van der Waals surface area contributed by atoms with Crippen LogP contribution in [0.4, 0.5) is 0 Å². The Hall–Kier alpha value is -3.42. The first-order valence-corrected chi connectivity index (χ1v) is 9.90. The highest BCUT2D eigenvalue weighted by atomic mass is 16.5. The highest BCUT2D eigenvalue weighted by Gasteiger charge is 2.09. The monoisotopic (exact) mass is 410 g/mol. The molecule has 0 aliphatic rings. The minimum absolute atomic E-state index is 0.364. The van der Waals surface area contributed by atoms with Crippen molar-refractivity contribution in [2.24, 2.45) is 0 Å². The third-order valence-electron chi connectivity index (χ3n) is 4.52. The van der Waals surface area contributed by atoms with E-state index in [0.717, 1.165) is 22.3 Å². The highest BCUT2D eigenvalue weighted by molar-refractivity contribution is 5.26. The molecule has 8 heteroatoms. The van der Waals surface area contributed by atoms with Gasteiger partial charge >= 0.3 is 11.4 Å². The van der Waals surface area contributed by atoms with E-state index < -0.39 is 0 Å². The normalized spacial score (nSPS) is 10.8. The Bertz CT molecular complexity index is 1060. The summed E-state index contributed by atoms with van der Waals surface area (Å²) in [6, 6.07) is 7.75. The first kappa shape index (κ1) is 21.3. The van der Waals surface area contributed by atoms with E-state index in [9.17, 15) is 9.59 Å². The lowest BCUT2D eigenvalue weighted by Crippen LogP contribution is -2.25.